The quantitative estimate of drug-likeness (QED) is 0.791. The van der Waals surface area contributed by atoms with Crippen molar-refractivity contribution in [1.29, 1.82) is 0 Å². The van der Waals surface area contributed by atoms with Crippen molar-refractivity contribution in [2.75, 3.05) is 6.54 Å². The number of aromatic nitrogens is 2. The second kappa shape index (κ2) is 4.44. The zero-order valence-corrected chi connectivity index (χ0v) is 10.5. The first kappa shape index (κ1) is 12.6. The molecular weight excluding hydrogens is 234 g/mol. The van der Waals surface area contributed by atoms with Crippen molar-refractivity contribution in [1.82, 2.24) is 14.9 Å². The van der Waals surface area contributed by atoms with Gasteiger partial charge in [-0.25, -0.2) is 4.98 Å². The van der Waals surface area contributed by atoms with Gasteiger partial charge in [0.2, 0.25) is 5.91 Å². The Morgan fingerprint density at radius 3 is 2.67 bits per heavy atom. The van der Waals surface area contributed by atoms with Gasteiger partial charge in [-0.05, 0) is 5.41 Å². The van der Waals surface area contributed by atoms with Gasteiger partial charge in [0.25, 0.3) is 0 Å². The van der Waals surface area contributed by atoms with Gasteiger partial charge in [0.15, 0.2) is 0 Å². The van der Waals surface area contributed by atoms with Gasteiger partial charge < -0.3 is 15.0 Å². The van der Waals surface area contributed by atoms with Crippen LogP contribution in [0.3, 0.4) is 0 Å². The Hall–Kier alpha value is -1.85. The Balaban J connectivity index is 1.81. The number of carbonyl (C=O) groups excluding carboxylic acids is 1. The molecular formula is C12H17N3O3. The highest BCUT2D eigenvalue weighted by Gasteiger charge is 2.65. The molecule has 0 radical (unpaired) electrons. The van der Waals surface area contributed by atoms with Crippen LogP contribution >= 0.6 is 0 Å². The standard InChI is InChI=1S/C12H17N3O3/c1-12(2)8(9(12)11(17)18)10(16)14-4-6-15-5-3-13-7-15/h3,5,7-9H,4,6H2,1-2H3,(H,14,16)(H,17,18)/t8-,9+/m1/s1. The molecule has 0 bridgehead atoms. The van der Waals surface area contributed by atoms with Gasteiger partial charge in [0.1, 0.15) is 0 Å². The lowest BCUT2D eigenvalue weighted by Gasteiger charge is -2.06. The third-order valence-corrected chi connectivity index (χ3v) is 3.60. The summed E-state index contributed by atoms with van der Waals surface area (Å²) < 4.78 is 1.85. The first-order valence-corrected chi connectivity index (χ1v) is 5.91. The Morgan fingerprint density at radius 1 is 1.44 bits per heavy atom. The van der Waals surface area contributed by atoms with Gasteiger partial charge in [0.05, 0.1) is 18.2 Å². The van der Waals surface area contributed by atoms with E-state index in [1.807, 2.05) is 24.6 Å². The topological polar surface area (TPSA) is 84.2 Å². The zero-order valence-electron chi connectivity index (χ0n) is 10.5. The number of aliphatic carboxylic acids is 1. The maximum atomic E-state index is 11.9. The molecule has 6 heteroatoms. The van der Waals surface area contributed by atoms with E-state index in [0.29, 0.717) is 13.1 Å². The molecule has 6 nitrogen and oxygen atoms in total. The number of imidazole rings is 1. The van der Waals surface area contributed by atoms with Crippen molar-refractivity contribution in [2.24, 2.45) is 17.3 Å². The van der Waals surface area contributed by atoms with Crippen LogP contribution in [0.4, 0.5) is 0 Å². The zero-order chi connectivity index (χ0) is 13.3. The minimum absolute atomic E-state index is 0.174. The largest absolute Gasteiger partial charge is 0.481 e. The summed E-state index contributed by atoms with van der Waals surface area (Å²) in [7, 11) is 0. The van der Waals surface area contributed by atoms with E-state index < -0.39 is 23.2 Å². The van der Waals surface area contributed by atoms with Gasteiger partial charge in [0, 0.05) is 25.5 Å². The molecule has 0 spiro atoms. The summed E-state index contributed by atoms with van der Waals surface area (Å²) in [5.41, 5.74) is -0.440. The number of nitrogens with zero attached hydrogens (tertiary/aromatic N) is 2. The van der Waals surface area contributed by atoms with E-state index in [1.54, 1.807) is 12.5 Å². The smallest absolute Gasteiger partial charge is 0.307 e. The molecule has 1 aliphatic rings. The number of carbonyl (C=O) groups is 2. The average Bonchev–Trinajstić information content (AvgIpc) is 2.65. The summed E-state index contributed by atoms with van der Waals surface area (Å²) in [5, 5.41) is 11.8. The summed E-state index contributed by atoms with van der Waals surface area (Å²) in [5.74, 6) is -2.05. The summed E-state index contributed by atoms with van der Waals surface area (Å²) in [4.78, 5) is 26.7. The molecule has 2 atom stereocenters. The van der Waals surface area contributed by atoms with Gasteiger partial charge in [-0.2, -0.15) is 0 Å². The fourth-order valence-electron chi connectivity index (χ4n) is 2.43. The molecule has 0 aromatic carbocycles. The van der Waals surface area contributed by atoms with Gasteiger partial charge in [-0.3, -0.25) is 9.59 Å². The lowest BCUT2D eigenvalue weighted by atomic mass is 10.1. The number of carboxylic acids is 1. The van der Waals surface area contributed by atoms with Crippen LogP contribution in [0.15, 0.2) is 18.7 Å². The van der Waals surface area contributed by atoms with Crippen LogP contribution in [-0.4, -0.2) is 33.1 Å². The molecule has 0 unspecified atom stereocenters. The third-order valence-electron chi connectivity index (χ3n) is 3.60. The van der Waals surface area contributed by atoms with E-state index in [2.05, 4.69) is 10.3 Å². The molecule has 0 saturated heterocycles. The molecule has 1 saturated carbocycles. The van der Waals surface area contributed by atoms with Crippen molar-refractivity contribution >= 4 is 11.9 Å². The maximum Gasteiger partial charge on any atom is 0.307 e. The number of amides is 1. The third kappa shape index (κ3) is 2.23. The molecule has 18 heavy (non-hydrogen) atoms. The molecule has 2 N–H and O–H groups in total. The predicted octanol–water partition coefficient (Wildman–Crippen LogP) is 0.356. The second-order valence-electron chi connectivity index (χ2n) is 5.21. The average molecular weight is 251 g/mol. The molecule has 1 aromatic heterocycles. The lowest BCUT2D eigenvalue weighted by Crippen LogP contribution is -2.30. The second-order valence-corrected chi connectivity index (χ2v) is 5.21. The van der Waals surface area contributed by atoms with Crippen LogP contribution in [0.2, 0.25) is 0 Å². The van der Waals surface area contributed by atoms with Gasteiger partial charge >= 0.3 is 5.97 Å². The summed E-state index contributed by atoms with van der Waals surface area (Å²) in [6.07, 6.45) is 5.16. The number of hydrogen-bond acceptors (Lipinski definition) is 3. The molecule has 98 valence electrons. The van der Waals surface area contributed by atoms with E-state index in [-0.39, 0.29) is 5.91 Å². The highest BCUT2D eigenvalue weighted by molar-refractivity contribution is 5.91. The fourth-order valence-corrected chi connectivity index (χ4v) is 2.43. The van der Waals surface area contributed by atoms with Gasteiger partial charge in [-0.1, -0.05) is 13.8 Å². The van der Waals surface area contributed by atoms with Crippen LogP contribution in [0.25, 0.3) is 0 Å². The monoisotopic (exact) mass is 251 g/mol. The Morgan fingerprint density at radius 2 is 2.17 bits per heavy atom. The number of nitrogens with one attached hydrogen (secondary N) is 1. The molecule has 1 amide bonds. The van der Waals surface area contributed by atoms with Crippen molar-refractivity contribution in [2.45, 2.75) is 20.4 Å². The van der Waals surface area contributed by atoms with Crippen LogP contribution in [0.1, 0.15) is 13.8 Å². The fraction of sp³-hybridized carbons (Fsp3) is 0.583. The summed E-state index contributed by atoms with van der Waals surface area (Å²) >= 11 is 0. The first-order chi connectivity index (χ1) is 8.44. The number of rotatable bonds is 5. The Kier molecular flexibility index (Phi) is 3.11. The van der Waals surface area contributed by atoms with Crippen LogP contribution in [-0.2, 0) is 16.1 Å². The number of carboxylic acid groups (broad SMARTS) is 1. The molecule has 1 aromatic rings. The Bertz CT molecular complexity index is 453. The Labute approximate surface area is 105 Å². The highest BCUT2D eigenvalue weighted by atomic mass is 16.4. The van der Waals surface area contributed by atoms with Crippen LogP contribution in [0.5, 0.6) is 0 Å². The predicted molar refractivity (Wildman–Crippen MR) is 63.6 cm³/mol. The molecule has 2 rings (SSSR count). The van der Waals surface area contributed by atoms with Crippen LogP contribution in [0, 0.1) is 17.3 Å². The minimum Gasteiger partial charge on any atom is -0.481 e. The van der Waals surface area contributed by atoms with Crippen molar-refractivity contribution in [3.05, 3.63) is 18.7 Å². The number of hydrogen-bond donors (Lipinski definition) is 2. The van der Waals surface area contributed by atoms with Gasteiger partial charge in [-0.15, -0.1) is 0 Å². The van der Waals surface area contributed by atoms with Crippen molar-refractivity contribution in [3.63, 3.8) is 0 Å². The normalized spacial score (nSPS) is 24.6. The molecule has 1 aliphatic carbocycles. The SMILES string of the molecule is CC1(C)[C@H](C(=O)O)[C@@H]1C(=O)NCCn1ccnc1. The lowest BCUT2D eigenvalue weighted by molar-refractivity contribution is -0.140. The van der Waals surface area contributed by atoms with E-state index in [9.17, 15) is 9.59 Å². The molecule has 0 aliphatic heterocycles. The van der Waals surface area contributed by atoms with Crippen molar-refractivity contribution < 1.29 is 14.7 Å². The van der Waals surface area contributed by atoms with Crippen molar-refractivity contribution in [3.8, 4) is 0 Å². The van der Waals surface area contributed by atoms with E-state index in [1.165, 1.54) is 0 Å². The van der Waals surface area contributed by atoms with E-state index >= 15 is 0 Å². The highest BCUT2D eigenvalue weighted by Crippen LogP contribution is 2.58. The molecule has 1 heterocycles. The summed E-state index contributed by atoms with van der Waals surface area (Å²) in [6, 6.07) is 0. The van der Waals surface area contributed by atoms with E-state index in [0.717, 1.165) is 0 Å². The first-order valence-electron chi connectivity index (χ1n) is 5.91. The van der Waals surface area contributed by atoms with Crippen LogP contribution < -0.4 is 5.32 Å². The maximum absolute atomic E-state index is 11.9. The molecule has 1 fully saturated rings. The van der Waals surface area contributed by atoms with E-state index in [4.69, 9.17) is 5.11 Å². The summed E-state index contributed by atoms with van der Waals surface area (Å²) in [6.45, 7) is 4.74. The minimum atomic E-state index is -0.894.